The summed E-state index contributed by atoms with van der Waals surface area (Å²) in [6, 6.07) is 63.5. The molecule has 0 atom stereocenters. The Morgan fingerprint density at radius 1 is 0.306 bits per heavy atom. The van der Waals surface area contributed by atoms with Gasteiger partial charge in [0, 0.05) is 9.79 Å². The van der Waals surface area contributed by atoms with Crippen LogP contribution in [0, 0.1) is 0 Å². The zero-order valence-corrected chi connectivity index (χ0v) is 28.4. The van der Waals surface area contributed by atoms with E-state index < -0.39 is 10.0 Å². The molecule has 0 fully saturated rings. The van der Waals surface area contributed by atoms with E-state index >= 15 is 0 Å². The topological polar surface area (TPSA) is 0 Å². The fourth-order valence-electron chi connectivity index (χ4n) is 8.34. The van der Waals surface area contributed by atoms with Crippen molar-refractivity contribution in [2.24, 2.45) is 0 Å². The van der Waals surface area contributed by atoms with Crippen LogP contribution >= 0.6 is 10.0 Å². The Bertz CT molecular complexity index is 2780. The molecule has 9 aromatic carbocycles. The van der Waals surface area contributed by atoms with Gasteiger partial charge in [0.25, 0.3) is 0 Å². The van der Waals surface area contributed by atoms with E-state index in [9.17, 15) is 0 Å². The minimum Gasteiger partial charge on any atom is -0.192 e. The zero-order valence-electron chi connectivity index (χ0n) is 27.6. The summed E-state index contributed by atoms with van der Waals surface area (Å²) in [5.74, 6) is 0. The van der Waals surface area contributed by atoms with Gasteiger partial charge in [0.2, 0.25) is 0 Å². The maximum Gasteiger partial charge on any atom is 0.00219 e. The highest BCUT2D eigenvalue weighted by Gasteiger charge is 2.33. The van der Waals surface area contributed by atoms with Crippen LogP contribution in [0.2, 0.25) is 0 Å². The van der Waals surface area contributed by atoms with Gasteiger partial charge in [-0.05, 0) is 130 Å². The third-order valence-corrected chi connectivity index (χ3v) is 13.6. The van der Waals surface area contributed by atoms with E-state index in [1.165, 1.54) is 97.4 Å². The summed E-state index contributed by atoms with van der Waals surface area (Å²) < 4.78 is 0. The number of hydrogen-bond donors (Lipinski definition) is 0. The first kappa shape index (κ1) is 28.4. The molecular formula is C48H34S. The number of hydrogen-bond acceptors (Lipinski definition) is 0. The van der Waals surface area contributed by atoms with Crippen LogP contribution in [0.1, 0.15) is 0 Å². The Morgan fingerprint density at radius 2 is 0.939 bits per heavy atom. The van der Waals surface area contributed by atoms with Gasteiger partial charge in [0.05, 0.1) is 0 Å². The van der Waals surface area contributed by atoms with Gasteiger partial charge in [-0.2, -0.15) is 10.0 Å². The molecule has 0 aliphatic carbocycles. The van der Waals surface area contributed by atoms with Crippen molar-refractivity contribution < 1.29 is 0 Å². The van der Waals surface area contributed by atoms with Crippen LogP contribution < -0.4 is 0 Å². The molecule has 49 heavy (non-hydrogen) atoms. The van der Waals surface area contributed by atoms with Crippen molar-refractivity contribution >= 4 is 53.1 Å². The van der Waals surface area contributed by atoms with E-state index in [2.05, 4.69) is 182 Å². The van der Waals surface area contributed by atoms with Crippen molar-refractivity contribution in [3.63, 3.8) is 0 Å². The molecule has 0 saturated carbocycles. The summed E-state index contributed by atoms with van der Waals surface area (Å²) in [5, 5.41) is 10.3. The van der Waals surface area contributed by atoms with Crippen LogP contribution in [-0.4, -0.2) is 12.5 Å². The second kappa shape index (κ2) is 10.7. The van der Waals surface area contributed by atoms with E-state index in [0.717, 1.165) is 0 Å². The van der Waals surface area contributed by atoms with E-state index in [-0.39, 0.29) is 0 Å². The zero-order chi connectivity index (χ0) is 32.7. The van der Waals surface area contributed by atoms with Crippen molar-refractivity contribution in [2.75, 3.05) is 12.5 Å². The van der Waals surface area contributed by atoms with E-state index in [1.54, 1.807) is 0 Å². The van der Waals surface area contributed by atoms with Crippen molar-refractivity contribution in [3.8, 4) is 44.5 Å². The molecule has 0 radical (unpaired) electrons. The molecule has 0 unspecified atom stereocenters. The van der Waals surface area contributed by atoms with Crippen molar-refractivity contribution in [1.82, 2.24) is 0 Å². The minimum absolute atomic E-state index is 1.19. The van der Waals surface area contributed by atoms with Crippen LogP contribution in [0.15, 0.2) is 180 Å². The predicted molar refractivity (Wildman–Crippen MR) is 214 cm³/mol. The lowest BCUT2D eigenvalue weighted by Gasteiger charge is -2.29. The molecule has 0 N–H and O–H groups in total. The number of fused-ring (bicyclic) bond motifs is 7. The SMILES string of the molecule is CS1(C)c2ccccc2-c2cc3c(-c4cccc5ccccc45)c4ccc(-c5ccc6ccccc6c5)cc4c(-c4ccccc4)c3cc21. The van der Waals surface area contributed by atoms with Crippen LogP contribution in [0.3, 0.4) is 0 Å². The molecule has 1 aliphatic heterocycles. The van der Waals surface area contributed by atoms with Gasteiger partial charge in [0.1, 0.15) is 0 Å². The molecule has 0 aromatic heterocycles. The Labute approximate surface area is 288 Å². The molecule has 9 aromatic rings. The standard InChI is InChI=1S/C48H34S/c1-49(2)45-22-11-10-20-38(45)41-29-43-44(30-46(41)49)47(33-15-4-3-5-16-33)42-28-36(35-24-23-31-13-6-7-17-34(31)27-35)25-26-40(42)48(43)39-21-12-18-32-14-8-9-19-37(32)39/h3-30H,1-2H3. The maximum absolute atomic E-state index is 2.57. The summed E-state index contributed by atoms with van der Waals surface area (Å²) in [5.41, 5.74) is 10.4. The summed E-state index contributed by atoms with van der Waals surface area (Å²) in [4.78, 5) is 2.96. The highest BCUT2D eigenvalue weighted by Crippen LogP contribution is 2.68. The summed E-state index contributed by atoms with van der Waals surface area (Å²) in [7, 11) is -1.19. The lowest BCUT2D eigenvalue weighted by molar-refractivity contribution is 1.46. The van der Waals surface area contributed by atoms with Crippen LogP contribution in [0.4, 0.5) is 0 Å². The fraction of sp³-hybridized carbons (Fsp3) is 0.0417. The van der Waals surface area contributed by atoms with Gasteiger partial charge >= 0.3 is 0 Å². The van der Waals surface area contributed by atoms with Gasteiger partial charge in [-0.25, -0.2) is 0 Å². The van der Waals surface area contributed by atoms with E-state index in [4.69, 9.17) is 0 Å². The largest absolute Gasteiger partial charge is 0.192 e. The predicted octanol–water partition coefficient (Wildman–Crippen LogP) is 13.8. The quantitative estimate of drug-likeness (QED) is 0.168. The third kappa shape index (κ3) is 4.26. The molecule has 1 heteroatoms. The molecular weight excluding hydrogens is 609 g/mol. The molecule has 10 rings (SSSR count). The third-order valence-electron chi connectivity index (χ3n) is 10.7. The Morgan fingerprint density at radius 3 is 1.82 bits per heavy atom. The normalized spacial score (nSPS) is 13.9. The van der Waals surface area contributed by atoms with Crippen molar-refractivity contribution in [1.29, 1.82) is 0 Å². The molecule has 0 amide bonds. The summed E-state index contributed by atoms with van der Waals surface area (Å²) in [6.45, 7) is 0. The Balaban J connectivity index is 1.39. The van der Waals surface area contributed by atoms with E-state index in [0.29, 0.717) is 0 Å². The minimum atomic E-state index is -1.19. The molecule has 0 saturated heterocycles. The van der Waals surface area contributed by atoms with Crippen molar-refractivity contribution in [3.05, 3.63) is 170 Å². The molecule has 232 valence electrons. The van der Waals surface area contributed by atoms with E-state index in [1.807, 2.05) is 0 Å². The van der Waals surface area contributed by atoms with Crippen LogP contribution in [-0.2, 0) is 0 Å². The first-order valence-corrected chi connectivity index (χ1v) is 19.4. The van der Waals surface area contributed by atoms with Gasteiger partial charge in [0.15, 0.2) is 0 Å². The highest BCUT2D eigenvalue weighted by molar-refractivity contribution is 8.33. The number of rotatable bonds is 3. The van der Waals surface area contributed by atoms with Crippen LogP contribution in [0.25, 0.3) is 87.6 Å². The second-order valence-corrected chi connectivity index (χ2v) is 17.2. The summed E-state index contributed by atoms with van der Waals surface area (Å²) in [6.07, 6.45) is 4.94. The van der Waals surface area contributed by atoms with Gasteiger partial charge in [-0.15, -0.1) is 0 Å². The number of benzene rings is 9. The Hall–Kier alpha value is -5.63. The molecule has 1 aliphatic rings. The second-order valence-electron chi connectivity index (χ2n) is 13.7. The van der Waals surface area contributed by atoms with Crippen molar-refractivity contribution in [2.45, 2.75) is 9.79 Å². The summed E-state index contributed by atoms with van der Waals surface area (Å²) >= 11 is 0. The van der Waals surface area contributed by atoms with Crippen LogP contribution in [0.5, 0.6) is 0 Å². The first-order chi connectivity index (χ1) is 24.1. The van der Waals surface area contributed by atoms with Gasteiger partial charge in [-0.1, -0.05) is 140 Å². The lowest BCUT2D eigenvalue weighted by atomic mass is 9.83. The van der Waals surface area contributed by atoms with Gasteiger partial charge < -0.3 is 0 Å². The first-order valence-electron chi connectivity index (χ1n) is 17.0. The fourth-order valence-corrected chi connectivity index (χ4v) is 10.9. The lowest BCUT2D eigenvalue weighted by Crippen LogP contribution is -1.96. The monoisotopic (exact) mass is 642 g/mol. The highest BCUT2D eigenvalue weighted by atomic mass is 32.3. The molecule has 0 bridgehead atoms. The smallest absolute Gasteiger partial charge is 0.00219 e. The average Bonchev–Trinajstić information content (AvgIpc) is 3.38. The molecule has 0 nitrogen and oxygen atoms in total. The average molecular weight is 643 g/mol. The van der Waals surface area contributed by atoms with Gasteiger partial charge in [-0.3, -0.25) is 0 Å². The molecule has 0 spiro atoms. The molecule has 1 heterocycles. The maximum atomic E-state index is 2.57. The Kier molecular flexibility index (Phi) is 6.19.